The predicted octanol–water partition coefficient (Wildman–Crippen LogP) is 6.95. The maximum atomic E-state index is 12.8. The maximum Gasteiger partial charge on any atom is 0.257 e. The molecule has 2 N–H and O–H groups in total. The number of rotatable bonds is 5. The van der Waals surface area contributed by atoms with Crippen LogP contribution in [0.15, 0.2) is 122 Å². The van der Waals surface area contributed by atoms with Gasteiger partial charge in [-0.15, -0.1) is 0 Å². The molecule has 0 saturated heterocycles. The SMILES string of the molecule is O=C(Nc1cccc2ccccc12)c1ccc(-c2ccc(C(=O)Nc3cccc4ccccc34)cn2)nc1. The molecule has 182 valence electrons. The molecule has 0 radical (unpaired) electrons. The van der Waals surface area contributed by atoms with Crippen molar-refractivity contribution in [3.8, 4) is 11.4 Å². The zero-order valence-electron chi connectivity index (χ0n) is 20.3. The Morgan fingerprint density at radius 2 is 0.895 bits per heavy atom. The van der Waals surface area contributed by atoms with E-state index in [9.17, 15) is 9.59 Å². The van der Waals surface area contributed by atoms with Crippen LogP contribution in [0.4, 0.5) is 11.4 Å². The highest BCUT2D eigenvalue weighted by Gasteiger charge is 2.12. The summed E-state index contributed by atoms with van der Waals surface area (Å²) in [6.45, 7) is 0. The number of carbonyl (C=O) groups is 2. The fourth-order valence-corrected chi connectivity index (χ4v) is 4.42. The molecule has 38 heavy (non-hydrogen) atoms. The number of carbonyl (C=O) groups excluding carboxylic acids is 2. The average molecular weight is 495 g/mol. The predicted molar refractivity (Wildman–Crippen MR) is 151 cm³/mol. The fourth-order valence-electron chi connectivity index (χ4n) is 4.42. The number of amides is 2. The Morgan fingerprint density at radius 1 is 0.474 bits per heavy atom. The monoisotopic (exact) mass is 494 g/mol. The first-order valence-corrected chi connectivity index (χ1v) is 12.2. The molecule has 4 aromatic carbocycles. The minimum atomic E-state index is -0.242. The van der Waals surface area contributed by atoms with Crippen molar-refractivity contribution in [1.29, 1.82) is 0 Å². The summed E-state index contributed by atoms with van der Waals surface area (Å²) in [5.74, 6) is -0.484. The van der Waals surface area contributed by atoms with Crippen molar-refractivity contribution in [2.24, 2.45) is 0 Å². The van der Waals surface area contributed by atoms with Gasteiger partial charge in [-0.2, -0.15) is 0 Å². The lowest BCUT2D eigenvalue weighted by atomic mass is 10.1. The zero-order chi connectivity index (χ0) is 25.9. The van der Waals surface area contributed by atoms with Gasteiger partial charge in [-0.25, -0.2) is 0 Å². The summed E-state index contributed by atoms with van der Waals surface area (Å²) < 4.78 is 0. The van der Waals surface area contributed by atoms with Crippen LogP contribution >= 0.6 is 0 Å². The highest BCUT2D eigenvalue weighted by molar-refractivity contribution is 6.10. The third-order valence-electron chi connectivity index (χ3n) is 6.39. The molecule has 2 amide bonds. The van der Waals surface area contributed by atoms with E-state index in [2.05, 4.69) is 20.6 Å². The molecule has 0 spiro atoms. The molecule has 0 aliphatic rings. The van der Waals surface area contributed by atoms with Gasteiger partial charge in [0.15, 0.2) is 0 Å². The van der Waals surface area contributed by atoms with Crippen molar-refractivity contribution in [2.75, 3.05) is 10.6 Å². The summed E-state index contributed by atoms with van der Waals surface area (Å²) in [6.07, 6.45) is 3.05. The van der Waals surface area contributed by atoms with Gasteiger partial charge in [-0.05, 0) is 47.2 Å². The second-order valence-corrected chi connectivity index (χ2v) is 8.83. The van der Waals surface area contributed by atoms with Crippen LogP contribution in [0.3, 0.4) is 0 Å². The van der Waals surface area contributed by atoms with E-state index in [-0.39, 0.29) is 11.8 Å². The highest BCUT2D eigenvalue weighted by atomic mass is 16.2. The van der Waals surface area contributed by atoms with Crippen LogP contribution in [0.2, 0.25) is 0 Å². The van der Waals surface area contributed by atoms with Gasteiger partial charge < -0.3 is 10.6 Å². The zero-order valence-corrected chi connectivity index (χ0v) is 20.3. The van der Waals surface area contributed by atoms with E-state index in [1.165, 1.54) is 12.4 Å². The van der Waals surface area contributed by atoms with Gasteiger partial charge >= 0.3 is 0 Å². The number of pyridine rings is 2. The Labute approximate surface area is 219 Å². The van der Waals surface area contributed by atoms with Crippen molar-refractivity contribution >= 4 is 44.7 Å². The number of nitrogens with zero attached hydrogens (tertiary/aromatic N) is 2. The molecule has 6 aromatic rings. The van der Waals surface area contributed by atoms with E-state index in [1.807, 2.05) is 84.9 Å². The smallest absolute Gasteiger partial charge is 0.257 e. The number of aromatic nitrogens is 2. The van der Waals surface area contributed by atoms with Crippen molar-refractivity contribution in [1.82, 2.24) is 9.97 Å². The molecule has 6 rings (SSSR count). The highest BCUT2D eigenvalue weighted by Crippen LogP contribution is 2.25. The van der Waals surface area contributed by atoms with Gasteiger partial charge in [0.1, 0.15) is 0 Å². The summed E-state index contributed by atoms with van der Waals surface area (Å²) >= 11 is 0. The van der Waals surface area contributed by atoms with Crippen molar-refractivity contribution in [2.45, 2.75) is 0 Å². The lowest BCUT2D eigenvalue weighted by Gasteiger charge is -2.10. The number of anilines is 2. The van der Waals surface area contributed by atoms with Crippen LogP contribution in [0.1, 0.15) is 20.7 Å². The number of nitrogens with one attached hydrogen (secondary N) is 2. The Balaban J connectivity index is 1.15. The molecule has 0 aliphatic heterocycles. The summed E-state index contributed by atoms with van der Waals surface area (Å²) in [5.41, 5.74) is 3.58. The second kappa shape index (κ2) is 9.95. The van der Waals surface area contributed by atoms with Crippen LogP contribution in [-0.4, -0.2) is 21.8 Å². The molecular weight excluding hydrogens is 472 g/mol. The summed E-state index contributed by atoms with van der Waals surface area (Å²) in [4.78, 5) is 34.5. The lowest BCUT2D eigenvalue weighted by molar-refractivity contribution is 0.101. The number of hydrogen-bond donors (Lipinski definition) is 2. The summed E-state index contributed by atoms with van der Waals surface area (Å²) in [5, 5.41) is 10.0. The molecular formula is C32H22N4O2. The van der Waals surface area contributed by atoms with Gasteiger partial charge in [-0.3, -0.25) is 19.6 Å². The standard InChI is InChI=1S/C32H22N4O2/c37-31(35-27-13-5-9-21-7-1-3-11-25(21)27)23-15-17-29(33-19-23)30-18-16-24(20-34-30)32(38)36-28-14-6-10-22-8-2-4-12-26(22)28/h1-20H,(H,35,37)(H,36,38). The molecule has 0 unspecified atom stereocenters. The van der Waals surface area contributed by atoms with Crippen LogP contribution < -0.4 is 10.6 Å². The number of hydrogen-bond acceptors (Lipinski definition) is 4. The van der Waals surface area contributed by atoms with Crippen LogP contribution in [0.25, 0.3) is 32.9 Å². The van der Waals surface area contributed by atoms with Crippen molar-refractivity contribution < 1.29 is 9.59 Å². The van der Waals surface area contributed by atoms with E-state index in [1.54, 1.807) is 24.3 Å². The molecule has 0 atom stereocenters. The number of benzene rings is 4. The first-order chi connectivity index (χ1) is 18.7. The Morgan fingerprint density at radius 3 is 1.32 bits per heavy atom. The Bertz CT molecular complexity index is 1650. The minimum Gasteiger partial charge on any atom is -0.321 e. The van der Waals surface area contributed by atoms with Crippen LogP contribution in [0, 0.1) is 0 Å². The summed E-state index contributed by atoms with van der Waals surface area (Å²) in [7, 11) is 0. The molecule has 0 aliphatic carbocycles. The van der Waals surface area contributed by atoms with Gasteiger partial charge in [0.05, 0.1) is 22.5 Å². The first kappa shape index (κ1) is 23.1. The van der Waals surface area contributed by atoms with E-state index >= 15 is 0 Å². The lowest BCUT2D eigenvalue weighted by Crippen LogP contribution is -2.13. The fraction of sp³-hybridized carbons (Fsp3) is 0. The third-order valence-corrected chi connectivity index (χ3v) is 6.39. The normalized spacial score (nSPS) is 10.8. The van der Waals surface area contributed by atoms with E-state index in [0.717, 1.165) is 32.9 Å². The number of fused-ring (bicyclic) bond motifs is 2. The third kappa shape index (κ3) is 4.58. The van der Waals surface area contributed by atoms with Gasteiger partial charge in [-0.1, -0.05) is 72.8 Å². The van der Waals surface area contributed by atoms with E-state index < -0.39 is 0 Å². The maximum absolute atomic E-state index is 12.8. The molecule has 0 bridgehead atoms. The van der Waals surface area contributed by atoms with Gasteiger partial charge in [0, 0.05) is 34.5 Å². The topological polar surface area (TPSA) is 84.0 Å². The van der Waals surface area contributed by atoms with Crippen LogP contribution in [0.5, 0.6) is 0 Å². The largest absolute Gasteiger partial charge is 0.321 e. The molecule has 0 saturated carbocycles. The average Bonchev–Trinajstić information content (AvgIpc) is 2.98. The second-order valence-electron chi connectivity index (χ2n) is 8.83. The van der Waals surface area contributed by atoms with Gasteiger partial charge in [0.25, 0.3) is 11.8 Å². The Kier molecular flexibility index (Phi) is 6.04. The molecule has 6 nitrogen and oxygen atoms in total. The quantitative estimate of drug-likeness (QED) is 0.271. The molecule has 0 fully saturated rings. The van der Waals surface area contributed by atoms with Gasteiger partial charge in [0.2, 0.25) is 0 Å². The van der Waals surface area contributed by atoms with E-state index in [0.29, 0.717) is 22.5 Å². The molecule has 2 heterocycles. The molecule has 6 heteroatoms. The molecule has 2 aromatic heterocycles. The van der Waals surface area contributed by atoms with Crippen molar-refractivity contribution in [3.63, 3.8) is 0 Å². The van der Waals surface area contributed by atoms with Crippen LogP contribution in [-0.2, 0) is 0 Å². The Hall–Kier alpha value is -5.36. The first-order valence-electron chi connectivity index (χ1n) is 12.2. The van der Waals surface area contributed by atoms with E-state index in [4.69, 9.17) is 0 Å². The summed E-state index contributed by atoms with van der Waals surface area (Å²) in [6, 6.07) is 34.3. The van der Waals surface area contributed by atoms with Crippen molar-refractivity contribution in [3.05, 3.63) is 133 Å². The minimum absolute atomic E-state index is 0.242.